The largest absolute Gasteiger partial charge is 0.491 e. The van der Waals surface area contributed by atoms with E-state index in [2.05, 4.69) is 20.8 Å². The molecule has 6 rings (SSSR count). The van der Waals surface area contributed by atoms with E-state index < -0.39 is 5.41 Å². The van der Waals surface area contributed by atoms with Crippen LogP contribution in [0.2, 0.25) is 0 Å². The maximum Gasteiger partial charge on any atom is 0.259 e. The van der Waals surface area contributed by atoms with Crippen molar-refractivity contribution in [2.45, 2.75) is 70.8 Å². The van der Waals surface area contributed by atoms with Crippen molar-refractivity contribution in [3.8, 4) is 5.75 Å². The fourth-order valence-corrected chi connectivity index (χ4v) is 6.07. The van der Waals surface area contributed by atoms with Gasteiger partial charge in [-0.15, -0.1) is 0 Å². The van der Waals surface area contributed by atoms with Crippen LogP contribution in [0.15, 0.2) is 34.9 Å². The number of benzene rings is 1. The van der Waals surface area contributed by atoms with Crippen LogP contribution in [-0.2, 0) is 4.79 Å². The molecule has 2 N–H and O–H groups in total. The highest BCUT2D eigenvalue weighted by molar-refractivity contribution is 6.06. The predicted octanol–water partition coefficient (Wildman–Crippen LogP) is 4.13. The van der Waals surface area contributed by atoms with Crippen LogP contribution in [0, 0.1) is 12.3 Å². The minimum atomic E-state index is -0.586. The average molecular weight is 560 g/mol. The summed E-state index contributed by atoms with van der Waals surface area (Å²) in [5, 5.41) is 10.9. The molecule has 3 aromatic rings. The number of aromatic nitrogens is 2. The first kappa shape index (κ1) is 27.2. The smallest absolute Gasteiger partial charge is 0.259 e. The first-order valence-corrected chi connectivity index (χ1v) is 14.7. The van der Waals surface area contributed by atoms with Gasteiger partial charge in [-0.1, -0.05) is 23.7 Å². The summed E-state index contributed by atoms with van der Waals surface area (Å²) >= 11 is 0. The Balaban J connectivity index is 1.18. The lowest BCUT2D eigenvalue weighted by atomic mass is 9.73. The average Bonchev–Trinajstić information content (AvgIpc) is 3.77. The Morgan fingerprint density at radius 3 is 2.66 bits per heavy atom. The van der Waals surface area contributed by atoms with Crippen LogP contribution in [0.3, 0.4) is 0 Å². The summed E-state index contributed by atoms with van der Waals surface area (Å²) in [5.41, 5.74) is 2.46. The fourth-order valence-electron chi connectivity index (χ4n) is 6.07. The second kappa shape index (κ2) is 11.1. The number of pyridine rings is 1. The van der Waals surface area contributed by atoms with E-state index in [-0.39, 0.29) is 30.4 Å². The van der Waals surface area contributed by atoms with E-state index in [1.54, 1.807) is 12.1 Å². The number of rotatable bonds is 2. The van der Waals surface area contributed by atoms with Crippen molar-refractivity contribution in [1.82, 2.24) is 25.7 Å². The zero-order chi connectivity index (χ0) is 28.6. The Kier molecular flexibility index (Phi) is 7.40. The summed E-state index contributed by atoms with van der Waals surface area (Å²) in [6.07, 6.45) is 5.52. The number of piperidine rings is 1. The molecule has 1 saturated heterocycles. The number of carbonyl (C=O) groups excluding carboxylic acids is 3. The Labute approximate surface area is 239 Å². The molecule has 216 valence electrons. The van der Waals surface area contributed by atoms with Crippen LogP contribution in [0.4, 0.5) is 0 Å². The Morgan fingerprint density at radius 2 is 1.88 bits per heavy atom. The van der Waals surface area contributed by atoms with Crippen LogP contribution in [-0.4, -0.2) is 65.0 Å². The minimum absolute atomic E-state index is 0.00674. The molecular weight excluding hydrogens is 522 g/mol. The van der Waals surface area contributed by atoms with Crippen LogP contribution in [0.5, 0.6) is 5.75 Å². The van der Waals surface area contributed by atoms with E-state index in [1.807, 2.05) is 36.9 Å². The molecule has 0 bridgehead atoms. The molecule has 1 aliphatic carbocycles. The maximum atomic E-state index is 13.8. The summed E-state index contributed by atoms with van der Waals surface area (Å²) in [6, 6.07) is 8.83. The molecule has 2 aromatic heterocycles. The van der Waals surface area contributed by atoms with Crippen molar-refractivity contribution in [2.75, 3.05) is 26.2 Å². The third-order valence-corrected chi connectivity index (χ3v) is 8.72. The number of likely N-dealkylation sites (tertiary alicyclic amines) is 1. The predicted molar refractivity (Wildman–Crippen MR) is 152 cm³/mol. The summed E-state index contributed by atoms with van der Waals surface area (Å²) < 4.78 is 11.4. The number of ether oxygens (including phenoxy) is 1. The van der Waals surface area contributed by atoms with Gasteiger partial charge in [0, 0.05) is 31.2 Å². The SMILES string of the molecule is Cc1noc2nc(C3CC3)cc(C(=O)N3CCC4(CCCCNC(=O)c5ccccc5OC[C@@H](C)NC4=O)CC3)c12. The molecule has 2 aliphatic heterocycles. The normalized spacial score (nSPS) is 21.9. The van der Waals surface area contributed by atoms with Crippen LogP contribution < -0.4 is 15.4 Å². The van der Waals surface area contributed by atoms with E-state index in [0.717, 1.165) is 31.4 Å². The highest BCUT2D eigenvalue weighted by atomic mass is 16.5. The molecule has 1 spiro atoms. The molecule has 10 nitrogen and oxygen atoms in total. The zero-order valence-corrected chi connectivity index (χ0v) is 23.7. The first-order valence-electron chi connectivity index (χ1n) is 14.7. The summed E-state index contributed by atoms with van der Waals surface area (Å²) in [4.78, 5) is 46.8. The molecule has 0 radical (unpaired) electrons. The van der Waals surface area contributed by atoms with Gasteiger partial charge in [0.05, 0.1) is 33.7 Å². The molecule has 3 aliphatic rings. The van der Waals surface area contributed by atoms with Gasteiger partial charge in [0.25, 0.3) is 17.5 Å². The second-order valence-electron chi connectivity index (χ2n) is 11.8. The molecule has 41 heavy (non-hydrogen) atoms. The molecule has 1 atom stereocenters. The van der Waals surface area contributed by atoms with Gasteiger partial charge in [-0.2, -0.15) is 0 Å². The maximum absolute atomic E-state index is 13.8. The Hall–Kier alpha value is -3.95. The number of fused-ring (bicyclic) bond motifs is 2. The quantitative estimate of drug-likeness (QED) is 0.483. The van der Waals surface area contributed by atoms with Gasteiger partial charge in [0.15, 0.2) is 0 Å². The molecule has 4 heterocycles. The highest BCUT2D eigenvalue weighted by Gasteiger charge is 2.43. The lowest BCUT2D eigenvalue weighted by Gasteiger charge is -2.41. The van der Waals surface area contributed by atoms with E-state index in [0.29, 0.717) is 78.5 Å². The molecule has 0 unspecified atom stereocenters. The monoisotopic (exact) mass is 559 g/mol. The van der Waals surface area contributed by atoms with Crippen molar-refractivity contribution in [1.29, 1.82) is 0 Å². The van der Waals surface area contributed by atoms with Gasteiger partial charge < -0.3 is 24.8 Å². The number of para-hydroxylation sites is 1. The third-order valence-electron chi connectivity index (χ3n) is 8.72. The number of hydrogen-bond acceptors (Lipinski definition) is 7. The summed E-state index contributed by atoms with van der Waals surface area (Å²) in [6.45, 7) is 5.47. The van der Waals surface area contributed by atoms with Gasteiger partial charge in [0.1, 0.15) is 12.4 Å². The van der Waals surface area contributed by atoms with Gasteiger partial charge in [-0.3, -0.25) is 14.4 Å². The number of amides is 3. The second-order valence-corrected chi connectivity index (χ2v) is 11.8. The molecule has 1 aromatic carbocycles. The Bertz CT molecular complexity index is 1470. The number of hydrogen-bond donors (Lipinski definition) is 2. The standard InChI is InChI=1S/C31H37N5O5/c1-19-18-40-25-8-4-3-7-22(25)27(37)32-14-6-5-11-31(30(39)33-19)12-15-36(16-13-31)29(38)23-17-24(21-9-10-21)34-28-26(23)20(2)35-41-28/h3-4,7-8,17,19,21H,5-6,9-16,18H2,1-2H3,(H,32,37)(H,33,39)/t19-/m1/s1. The van der Waals surface area contributed by atoms with Crippen molar-refractivity contribution in [3.63, 3.8) is 0 Å². The third kappa shape index (κ3) is 5.52. The van der Waals surface area contributed by atoms with E-state index in [4.69, 9.17) is 9.26 Å². The fraction of sp³-hybridized carbons (Fsp3) is 0.516. The first-order chi connectivity index (χ1) is 19.8. The van der Waals surface area contributed by atoms with Crippen molar-refractivity contribution in [2.24, 2.45) is 5.41 Å². The van der Waals surface area contributed by atoms with Crippen LogP contribution in [0.25, 0.3) is 11.1 Å². The molecule has 3 amide bonds. The molecular formula is C31H37N5O5. The van der Waals surface area contributed by atoms with E-state index in [1.165, 1.54) is 0 Å². The van der Waals surface area contributed by atoms with Crippen LogP contribution >= 0.6 is 0 Å². The highest BCUT2D eigenvalue weighted by Crippen LogP contribution is 2.41. The van der Waals surface area contributed by atoms with Crippen molar-refractivity contribution in [3.05, 3.63) is 52.8 Å². The van der Waals surface area contributed by atoms with Crippen molar-refractivity contribution >= 4 is 28.8 Å². The number of aryl methyl sites for hydroxylation is 1. The number of nitrogens with one attached hydrogen (secondary N) is 2. The number of carbonyl (C=O) groups is 3. The van der Waals surface area contributed by atoms with E-state index >= 15 is 0 Å². The number of nitrogens with zero attached hydrogens (tertiary/aromatic N) is 3. The zero-order valence-electron chi connectivity index (χ0n) is 23.7. The van der Waals surface area contributed by atoms with Gasteiger partial charge >= 0.3 is 0 Å². The minimum Gasteiger partial charge on any atom is -0.491 e. The van der Waals surface area contributed by atoms with Gasteiger partial charge in [-0.05, 0) is 70.6 Å². The summed E-state index contributed by atoms with van der Waals surface area (Å²) in [7, 11) is 0. The lowest BCUT2D eigenvalue weighted by Crippen LogP contribution is -2.52. The van der Waals surface area contributed by atoms with E-state index in [9.17, 15) is 14.4 Å². The Morgan fingerprint density at radius 1 is 1.10 bits per heavy atom. The van der Waals surface area contributed by atoms with Crippen molar-refractivity contribution < 1.29 is 23.6 Å². The van der Waals surface area contributed by atoms with Crippen LogP contribution in [0.1, 0.15) is 89.9 Å². The molecule has 10 heteroatoms. The molecule has 2 fully saturated rings. The van der Waals surface area contributed by atoms with Gasteiger partial charge in [0.2, 0.25) is 5.91 Å². The van der Waals surface area contributed by atoms with Gasteiger partial charge in [-0.25, -0.2) is 4.98 Å². The summed E-state index contributed by atoms with van der Waals surface area (Å²) in [5.74, 6) is 0.660. The topological polar surface area (TPSA) is 127 Å². The lowest BCUT2D eigenvalue weighted by molar-refractivity contribution is -0.135. The molecule has 1 saturated carbocycles.